The fourth-order valence-electron chi connectivity index (χ4n) is 2.89. The highest BCUT2D eigenvalue weighted by Crippen LogP contribution is 2.43. The predicted octanol–water partition coefficient (Wildman–Crippen LogP) is 5.85. The molecule has 1 aromatic heterocycles. The van der Waals surface area contributed by atoms with E-state index in [0.717, 1.165) is 30.6 Å². The number of aryl methyl sites for hydroxylation is 1. The van der Waals surface area contributed by atoms with Gasteiger partial charge in [-0.05, 0) is 48.9 Å². The molecule has 0 radical (unpaired) electrons. The SMILES string of the molecule is Cc1cc(F)ccc1Oc1cc(C(F)(F)F)cc(C(F)(F)F)c1C(=O)Nc1ccc[n+]([O-])c1. The van der Waals surface area contributed by atoms with E-state index in [1.54, 1.807) is 0 Å². The average molecular weight is 474 g/mol. The minimum absolute atomic E-state index is 0.0581. The second kappa shape index (κ2) is 8.60. The van der Waals surface area contributed by atoms with Crippen LogP contribution in [0.15, 0.2) is 54.9 Å². The van der Waals surface area contributed by atoms with Crippen molar-refractivity contribution in [2.24, 2.45) is 0 Å². The minimum atomic E-state index is -5.38. The quantitative estimate of drug-likeness (QED) is 0.293. The Morgan fingerprint density at radius 3 is 2.27 bits per heavy atom. The van der Waals surface area contributed by atoms with Crippen LogP contribution in [0.1, 0.15) is 27.0 Å². The molecule has 0 bridgehead atoms. The Balaban J connectivity index is 2.21. The van der Waals surface area contributed by atoms with Crippen LogP contribution in [0, 0.1) is 17.9 Å². The van der Waals surface area contributed by atoms with Gasteiger partial charge in [0.15, 0.2) is 6.20 Å². The fraction of sp³-hybridized carbons (Fsp3) is 0.143. The van der Waals surface area contributed by atoms with Crippen molar-refractivity contribution in [2.75, 3.05) is 5.32 Å². The van der Waals surface area contributed by atoms with E-state index in [1.807, 2.05) is 5.32 Å². The molecule has 33 heavy (non-hydrogen) atoms. The van der Waals surface area contributed by atoms with Gasteiger partial charge in [-0.15, -0.1) is 0 Å². The first kappa shape index (κ1) is 23.8. The van der Waals surface area contributed by atoms with Gasteiger partial charge in [-0.1, -0.05) is 0 Å². The zero-order valence-corrected chi connectivity index (χ0v) is 16.5. The summed E-state index contributed by atoms with van der Waals surface area (Å²) in [6, 6.07) is 5.25. The van der Waals surface area contributed by atoms with Gasteiger partial charge in [0.1, 0.15) is 23.0 Å². The Morgan fingerprint density at radius 1 is 1.00 bits per heavy atom. The van der Waals surface area contributed by atoms with E-state index >= 15 is 0 Å². The van der Waals surface area contributed by atoms with E-state index in [-0.39, 0.29) is 33.9 Å². The number of ether oxygens (including phenoxy) is 1. The lowest BCUT2D eigenvalue weighted by atomic mass is 10.0. The van der Waals surface area contributed by atoms with E-state index in [2.05, 4.69) is 0 Å². The normalized spacial score (nSPS) is 11.9. The largest absolute Gasteiger partial charge is 0.619 e. The van der Waals surface area contributed by atoms with Crippen molar-refractivity contribution in [3.63, 3.8) is 0 Å². The zero-order chi connectivity index (χ0) is 24.6. The molecular formula is C21H13F7N2O3. The molecule has 0 aliphatic carbocycles. The fourth-order valence-corrected chi connectivity index (χ4v) is 2.89. The third-order valence-electron chi connectivity index (χ3n) is 4.35. The third-order valence-corrected chi connectivity index (χ3v) is 4.35. The van der Waals surface area contributed by atoms with E-state index in [0.29, 0.717) is 0 Å². The van der Waals surface area contributed by atoms with Crippen LogP contribution in [0.25, 0.3) is 0 Å². The van der Waals surface area contributed by atoms with Crippen LogP contribution < -0.4 is 14.8 Å². The van der Waals surface area contributed by atoms with E-state index in [1.165, 1.54) is 19.1 Å². The van der Waals surface area contributed by atoms with E-state index < -0.39 is 46.5 Å². The van der Waals surface area contributed by atoms with Gasteiger partial charge in [0.25, 0.3) is 5.91 Å². The Bertz CT molecular complexity index is 1210. The number of nitrogens with one attached hydrogen (secondary N) is 1. The van der Waals surface area contributed by atoms with Gasteiger partial charge in [0, 0.05) is 6.07 Å². The lowest BCUT2D eigenvalue weighted by molar-refractivity contribution is -0.604. The summed E-state index contributed by atoms with van der Waals surface area (Å²) in [4.78, 5) is 12.8. The van der Waals surface area contributed by atoms with E-state index in [9.17, 15) is 40.7 Å². The highest BCUT2D eigenvalue weighted by atomic mass is 19.4. The van der Waals surface area contributed by atoms with Gasteiger partial charge in [-0.3, -0.25) is 4.79 Å². The number of pyridine rings is 1. The van der Waals surface area contributed by atoms with Gasteiger partial charge in [-0.2, -0.15) is 31.1 Å². The number of rotatable bonds is 4. The molecule has 3 aromatic rings. The summed E-state index contributed by atoms with van der Waals surface area (Å²) >= 11 is 0. The molecule has 0 saturated carbocycles. The van der Waals surface area contributed by atoms with Crippen molar-refractivity contribution in [1.82, 2.24) is 0 Å². The number of anilines is 1. The standard InChI is InChI=1S/C21H13F7N2O3/c1-11-7-13(22)4-5-16(11)33-17-9-12(20(23,24)25)8-15(21(26,27)28)18(17)19(31)29-14-3-2-6-30(32)10-14/h2-10H,1H3,(H,29,31). The monoisotopic (exact) mass is 474 g/mol. The number of hydrogen-bond acceptors (Lipinski definition) is 3. The number of alkyl halides is 6. The summed E-state index contributed by atoms with van der Waals surface area (Å²) in [5.41, 5.74) is -5.02. The maximum atomic E-state index is 13.7. The molecule has 2 aromatic carbocycles. The Morgan fingerprint density at radius 2 is 1.70 bits per heavy atom. The number of amides is 1. The van der Waals surface area contributed by atoms with Crippen LogP contribution in [0.5, 0.6) is 11.5 Å². The third kappa shape index (κ3) is 5.51. The Kier molecular flexibility index (Phi) is 6.21. The number of carbonyl (C=O) groups excluding carboxylic acids is 1. The molecule has 12 heteroatoms. The Labute approximate surface area is 181 Å². The number of aromatic nitrogens is 1. The molecule has 174 valence electrons. The summed E-state index contributed by atoms with van der Waals surface area (Å²) < 4.78 is 100. The minimum Gasteiger partial charge on any atom is -0.619 e. The van der Waals surface area contributed by atoms with Gasteiger partial charge >= 0.3 is 12.4 Å². The molecule has 0 unspecified atom stereocenters. The van der Waals surface area contributed by atoms with Gasteiger partial charge in [0.05, 0.1) is 16.7 Å². The number of carbonyl (C=O) groups is 1. The Hall–Kier alpha value is -3.83. The van der Waals surface area contributed by atoms with Crippen LogP contribution in [0.2, 0.25) is 0 Å². The summed E-state index contributed by atoms with van der Waals surface area (Å²) in [5, 5.41) is 13.4. The van der Waals surface area contributed by atoms with Crippen LogP contribution in [-0.4, -0.2) is 5.91 Å². The molecule has 3 rings (SSSR count). The molecule has 0 spiro atoms. The number of nitrogens with zero attached hydrogens (tertiary/aromatic N) is 1. The zero-order valence-electron chi connectivity index (χ0n) is 16.5. The number of hydrogen-bond donors (Lipinski definition) is 1. The highest BCUT2D eigenvalue weighted by molar-refractivity contribution is 6.07. The van der Waals surface area contributed by atoms with Crippen molar-refractivity contribution in [1.29, 1.82) is 0 Å². The molecule has 0 fully saturated rings. The molecular weight excluding hydrogens is 461 g/mol. The molecule has 5 nitrogen and oxygen atoms in total. The van der Waals surface area contributed by atoms with Crippen molar-refractivity contribution >= 4 is 11.6 Å². The molecule has 0 saturated heterocycles. The summed E-state index contributed by atoms with van der Waals surface area (Å²) in [7, 11) is 0. The van der Waals surface area contributed by atoms with Crippen molar-refractivity contribution < 1.29 is 45.0 Å². The molecule has 1 heterocycles. The van der Waals surface area contributed by atoms with Crippen LogP contribution in [0.3, 0.4) is 0 Å². The molecule has 0 aliphatic heterocycles. The molecule has 1 amide bonds. The first-order chi connectivity index (χ1) is 15.3. The van der Waals surface area contributed by atoms with Crippen LogP contribution in [0.4, 0.5) is 36.4 Å². The van der Waals surface area contributed by atoms with E-state index in [4.69, 9.17) is 4.74 Å². The summed E-state index contributed by atoms with van der Waals surface area (Å²) in [6.45, 7) is 1.31. The molecule has 0 atom stereocenters. The first-order valence-corrected chi connectivity index (χ1v) is 9.02. The maximum absolute atomic E-state index is 13.7. The van der Waals surface area contributed by atoms with Crippen molar-refractivity contribution in [2.45, 2.75) is 19.3 Å². The predicted molar refractivity (Wildman–Crippen MR) is 101 cm³/mol. The van der Waals surface area contributed by atoms with Crippen molar-refractivity contribution in [3.05, 3.63) is 88.1 Å². The average Bonchev–Trinajstić information content (AvgIpc) is 2.68. The van der Waals surface area contributed by atoms with Crippen LogP contribution >= 0.6 is 0 Å². The highest BCUT2D eigenvalue weighted by Gasteiger charge is 2.42. The lowest BCUT2D eigenvalue weighted by Crippen LogP contribution is -2.26. The maximum Gasteiger partial charge on any atom is 0.417 e. The molecule has 1 N–H and O–H groups in total. The van der Waals surface area contributed by atoms with Gasteiger partial charge in [-0.25, -0.2) is 4.39 Å². The van der Waals surface area contributed by atoms with Gasteiger partial charge in [0.2, 0.25) is 6.20 Å². The van der Waals surface area contributed by atoms with Gasteiger partial charge < -0.3 is 15.3 Å². The summed E-state index contributed by atoms with van der Waals surface area (Å²) in [6.07, 6.45) is -8.70. The second-order valence-corrected chi connectivity index (χ2v) is 6.81. The molecule has 0 aliphatic rings. The second-order valence-electron chi connectivity index (χ2n) is 6.81. The summed E-state index contributed by atoms with van der Waals surface area (Å²) in [5.74, 6) is -3.52. The number of halogens is 7. The number of benzene rings is 2. The smallest absolute Gasteiger partial charge is 0.417 e. The topological polar surface area (TPSA) is 65.3 Å². The van der Waals surface area contributed by atoms with Crippen molar-refractivity contribution in [3.8, 4) is 11.5 Å². The first-order valence-electron chi connectivity index (χ1n) is 9.02. The van der Waals surface area contributed by atoms with Crippen LogP contribution in [-0.2, 0) is 12.4 Å². The lowest BCUT2D eigenvalue weighted by Gasteiger charge is -2.20.